The lowest BCUT2D eigenvalue weighted by atomic mass is 10.00. The number of benzene rings is 1. The predicted octanol–water partition coefficient (Wildman–Crippen LogP) is 4.35. The summed E-state index contributed by atoms with van der Waals surface area (Å²) in [6, 6.07) is -1.81. The number of halogens is 9. The van der Waals surface area contributed by atoms with Crippen LogP contribution in [0.4, 0.5) is 30.7 Å². The van der Waals surface area contributed by atoms with Crippen molar-refractivity contribution in [3.8, 4) is 0 Å². The molecule has 19 heavy (non-hydrogen) atoms. The summed E-state index contributed by atoms with van der Waals surface area (Å²) >= 11 is 2.54. The number of hydrogen-bond donors (Lipinski definition) is 1. The Morgan fingerprint density at radius 3 is 1.95 bits per heavy atom. The molecule has 1 rings (SSSR count). The summed E-state index contributed by atoms with van der Waals surface area (Å²) in [6.45, 7) is 0. The van der Waals surface area contributed by atoms with Gasteiger partial charge in [0.2, 0.25) is 0 Å². The van der Waals surface area contributed by atoms with Gasteiger partial charge in [0.1, 0.15) is 17.7 Å². The molecule has 1 aromatic carbocycles. The van der Waals surface area contributed by atoms with Gasteiger partial charge in [-0.25, -0.2) is 8.78 Å². The van der Waals surface area contributed by atoms with E-state index in [1.54, 1.807) is 0 Å². The molecule has 0 aliphatic rings. The van der Waals surface area contributed by atoms with Gasteiger partial charge in [0.25, 0.3) is 0 Å². The van der Waals surface area contributed by atoms with E-state index < -0.39 is 39.8 Å². The van der Waals surface area contributed by atoms with E-state index >= 15 is 0 Å². The zero-order valence-electron chi connectivity index (χ0n) is 8.74. The molecule has 0 heterocycles. The first-order valence-electron chi connectivity index (χ1n) is 4.33. The zero-order valence-corrected chi connectivity index (χ0v) is 11.1. The second kappa shape index (κ2) is 5.84. The van der Waals surface area contributed by atoms with Crippen LogP contribution in [0, 0.1) is 11.6 Å². The topological polar surface area (TPSA) is 26.0 Å². The highest BCUT2D eigenvalue weighted by atomic mass is 79.9. The Kier molecular flexibility index (Phi) is 5.67. The van der Waals surface area contributed by atoms with Crippen molar-refractivity contribution in [1.82, 2.24) is 0 Å². The van der Waals surface area contributed by atoms with Crippen LogP contribution in [0.2, 0.25) is 0 Å². The quantitative estimate of drug-likeness (QED) is 0.603. The van der Waals surface area contributed by atoms with Crippen LogP contribution in [0.5, 0.6) is 0 Å². The number of nitrogens with two attached hydrogens (primary N) is 1. The minimum Gasteiger partial charge on any atom is -0.319 e. The molecule has 0 saturated carbocycles. The summed E-state index contributed by atoms with van der Waals surface area (Å²) in [5.41, 5.74) is 3.14. The normalized spacial score (nSPS) is 13.9. The van der Waals surface area contributed by atoms with Gasteiger partial charge < -0.3 is 5.73 Å². The summed E-state index contributed by atoms with van der Waals surface area (Å²) in [7, 11) is 0. The number of hydrogen-bond acceptors (Lipinski definition) is 1. The van der Waals surface area contributed by atoms with E-state index in [9.17, 15) is 30.7 Å². The van der Waals surface area contributed by atoms with Crippen molar-refractivity contribution in [2.45, 2.75) is 18.1 Å². The molecule has 0 saturated heterocycles. The van der Waals surface area contributed by atoms with E-state index in [-0.39, 0.29) is 12.4 Å². The van der Waals surface area contributed by atoms with Gasteiger partial charge in [-0.2, -0.15) is 22.0 Å². The molecule has 0 spiro atoms. The average molecular weight is 376 g/mol. The van der Waals surface area contributed by atoms with Gasteiger partial charge in [-0.05, 0) is 28.1 Å². The first kappa shape index (κ1) is 18.5. The standard InChI is InChI=1S/C9H5BrF7N.ClH/c10-3-1-2-4(11)5(6(3)12)7(18)8(13,14)9(15,16)17;/h1-2,7H,18H2;1H/t7-;/m1./s1. The average Bonchev–Trinajstić information content (AvgIpc) is 2.22. The summed E-state index contributed by atoms with van der Waals surface area (Å²) in [4.78, 5) is 0. The first-order valence-corrected chi connectivity index (χ1v) is 5.13. The molecular formula is C9H6BrClF7N. The van der Waals surface area contributed by atoms with Crippen LogP contribution in [-0.4, -0.2) is 12.1 Å². The van der Waals surface area contributed by atoms with E-state index in [2.05, 4.69) is 21.7 Å². The molecule has 0 amide bonds. The molecule has 0 aromatic heterocycles. The van der Waals surface area contributed by atoms with Crippen LogP contribution < -0.4 is 5.73 Å². The second-order valence-corrected chi connectivity index (χ2v) is 4.21. The van der Waals surface area contributed by atoms with Gasteiger partial charge in [0.15, 0.2) is 0 Å². The van der Waals surface area contributed by atoms with Crippen LogP contribution >= 0.6 is 28.3 Å². The molecule has 0 aliphatic heterocycles. The highest BCUT2D eigenvalue weighted by molar-refractivity contribution is 9.10. The fraction of sp³-hybridized carbons (Fsp3) is 0.333. The number of rotatable bonds is 2. The second-order valence-electron chi connectivity index (χ2n) is 3.36. The minimum absolute atomic E-state index is 0. The first-order chi connectivity index (χ1) is 8.00. The maximum absolute atomic E-state index is 13.4. The Bertz CT molecular complexity index is 463. The molecule has 110 valence electrons. The van der Waals surface area contributed by atoms with Crippen molar-refractivity contribution in [3.63, 3.8) is 0 Å². The molecule has 0 radical (unpaired) electrons. The van der Waals surface area contributed by atoms with Crippen molar-refractivity contribution in [1.29, 1.82) is 0 Å². The maximum atomic E-state index is 13.4. The van der Waals surface area contributed by atoms with Crippen molar-refractivity contribution >= 4 is 28.3 Å². The molecule has 1 nitrogen and oxygen atoms in total. The summed E-state index contributed by atoms with van der Waals surface area (Å²) < 4.78 is 88.0. The fourth-order valence-corrected chi connectivity index (χ4v) is 1.53. The third-order valence-electron chi connectivity index (χ3n) is 2.16. The van der Waals surface area contributed by atoms with Crippen LogP contribution in [-0.2, 0) is 0 Å². The Morgan fingerprint density at radius 1 is 1.05 bits per heavy atom. The van der Waals surface area contributed by atoms with E-state index in [1.165, 1.54) is 0 Å². The fourth-order valence-electron chi connectivity index (χ4n) is 1.19. The SMILES string of the molecule is Cl.N[C@H](c1c(F)ccc(Br)c1F)C(F)(F)C(F)(F)F. The minimum atomic E-state index is -6.01. The van der Waals surface area contributed by atoms with Crippen molar-refractivity contribution in [2.24, 2.45) is 5.73 Å². The third kappa shape index (κ3) is 3.32. The number of alkyl halides is 5. The molecule has 0 unspecified atom stereocenters. The molecule has 1 atom stereocenters. The van der Waals surface area contributed by atoms with Crippen LogP contribution in [0.15, 0.2) is 16.6 Å². The molecule has 0 bridgehead atoms. The zero-order chi connectivity index (χ0) is 14.3. The van der Waals surface area contributed by atoms with E-state index in [0.29, 0.717) is 6.07 Å². The monoisotopic (exact) mass is 375 g/mol. The van der Waals surface area contributed by atoms with Crippen LogP contribution in [0.1, 0.15) is 11.6 Å². The molecular weight excluding hydrogens is 370 g/mol. The van der Waals surface area contributed by atoms with Crippen molar-refractivity contribution < 1.29 is 30.7 Å². The van der Waals surface area contributed by atoms with Gasteiger partial charge in [0.05, 0.1) is 4.47 Å². The Hall–Kier alpha value is -0.540. The summed E-state index contributed by atoms with van der Waals surface area (Å²) in [6.07, 6.45) is -6.01. The van der Waals surface area contributed by atoms with Crippen molar-refractivity contribution in [2.75, 3.05) is 0 Å². The van der Waals surface area contributed by atoms with Gasteiger partial charge in [-0.3, -0.25) is 0 Å². The van der Waals surface area contributed by atoms with Gasteiger partial charge >= 0.3 is 12.1 Å². The third-order valence-corrected chi connectivity index (χ3v) is 2.77. The van der Waals surface area contributed by atoms with Gasteiger partial charge in [-0.15, -0.1) is 12.4 Å². The van der Waals surface area contributed by atoms with E-state index in [4.69, 9.17) is 0 Å². The lowest BCUT2D eigenvalue weighted by Crippen LogP contribution is -2.46. The molecule has 10 heteroatoms. The molecule has 1 aromatic rings. The largest absolute Gasteiger partial charge is 0.455 e. The Labute approximate surface area is 117 Å². The molecule has 0 fully saturated rings. The van der Waals surface area contributed by atoms with Crippen LogP contribution in [0.25, 0.3) is 0 Å². The van der Waals surface area contributed by atoms with E-state index in [1.807, 2.05) is 0 Å². The highest BCUT2D eigenvalue weighted by Crippen LogP contribution is 2.44. The van der Waals surface area contributed by atoms with Gasteiger partial charge in [-0.1, -0.05) is 0 Å². The predicted molar refractivity (Wildman–Crippen MR) is 59.2 cm³/mol. The smallest absolute Gasteiger partial charge is 0.319 e. The lowest BCUT2D eigenvalue weighted by molar-refractivity contribution is -0.291. The Balaban J connectivity index is 0.00000324. The van der Waals surface area contributed by atoms with Crippen molar-refractivity contribution in [3.05, 3.63) is 33.8 Å². The molecule has 0 aliphatic carbocycles. The van der Waals surface area contributed by atoms with E-state index in [0.717, 1.165) is 6.07 Å². The molecule has 2 N–H and O–H groups in total. The Morgan fingerprint density at radius 2 is 1.53 bits per heavy atom. The van der Waals surface area contributed by atoms with Crippen LogP contribution in [0.3, 0.4) is 0 Å². The lowest BCUT2D eigenvalue weighted by Gasteiger charge is -2.26. The maximum Gasteiger partial charge on any atom is 0.455 e. The van der Waals surface area contributed by atoms with Gasteiger partial charge in [0, 0.05) is 5.56 Å². The highest BCUT2D eigenvalue weighted by Gasteiger charge is 2.62. The summed E-state index contributed by atoms with van der Waals surface area (Å²) in [5.74, 6) is -8.62. The summed E-state index contributed by atoms with van der Waals surface area (Å²) in [5, 5.41) is 0.